The largest absolute Gasteiger partial charge is 0.465 e. The number of nitrogens with zero attached hydrogens (tertiary/aromatic N) is 2. The number of nitrogens with one attached hydrogen (secondary N) is 2. The van der Waals surface area contributed by atoms with Crippen LogP contribution >= 0.6 is 0 Å². The van der Waals surface area contributed by atoms with Gasteiger partial charge in [0.2, 0.25) is 0 Å². The molecule has 8 heteroatoms. The molecule has 0 spiro atoms. The summed E-state index contributed by atoms with van der Waals surface area (Å²) in [5, 5.41) is 6.33. The van der Waals surface area contributed by atoms with Crippen molar-refractivity contribution in [1.29, 1.82) is 0 Å². The fraction of sp³-hybridized carbons (Fsp3) is 0.636. The van der Waals surface area contributed by atoms with Gasteiger partial charge in [-0.05, 0) is 25.7 Å². The molecule has 0 aliphatic carbocycles. The number of hydrogen-bond donors (Lipinski definition) is 2. The number of aliphatic imine (C=N–C) groups is 2. The fourth-order valence-electron chi connectivity index (χ4n) is 2.79. The maximum absolute atomic E-state index is 11.8. The van der Waals surface area contributed by atoms with Crippen molar-refractivity contribution < 1.29 is 19.1 Å². The van der Waals surface area contributed by atoms with Gasteiger partial charge in [-0.15, -0.1) is 0 Å². The third kappa shape index (κ3) is 12.0. The van der Waals surface area contributed by atoms with Gasteiger partial charge < -0.3 is 20.1 Å². The topological polar surface area (TPSA) is 101 Å². The van der Waals surface area contributed by atoms with E-state index in [1.165, 1.54) is 14.2 Å². The molecule has 1 rings (SSSR count). The molecule has 0 aromatic carbocycles. The highest BCUT2D eigenvalue weighted by atomic mass is 16.5. The van der Waals surface area contributed by atoms with Gasteiger partial charge in [-0.25, -0.2) is 9.59 Å². The predicted octanol–water partition coefficient (Wildman–Crippen LogP) is 2.56. The lowest BCUT2D eigenvalue weighted by Gasteiger charge is -2.05. The summed E-state index contributed by atoms with van der Waals surface area (Å²) >= 11 is 0. The number of rotatable bonds is 2. The SMILES string of the molecule is COC(=O)/C1=C/NCCCCCCN=C/C(C(=O)OC)=C\NCCCCCCN=C1. The van der Waals surface area contributed by atoms with Gasteiger partial charge in [-0.1, -0.05) is 25.7 Å². The van der Waals surface area contributed by atoms with E-state index in [2.05, 4.69) is 20.6 Å². The van der Waals surface area contributed by atoms with Crippen molar-refractivity contribution in [3.8, 4) is 0 Å². The van der Waals surface area contributed by atoms with E-state index in [0.29, 0.717) is 24.2 Å². The van der Waals surface area contributed by atoms with Crippen LogP contribution in [-0.4, -0.2) is 64.8 Å². The summed E-state index contributed by atoms with van der Waals surface area (Å²) in [4.78, 5) is 32.4. The molecule has 0 saturated heterocycles. The first-order chi connectivity index (χ1) is 14.7. The minimum Gasteiger partial charge on any atom is -0.465 e. The van der Waals surface area contributed by atoms with Crippen LogP contribution in [0.25, 0.3) is 0 Å². The quantitative estimate of drug-likeness (QED) is 0.666. The second-order valence-corrected chi connectivity index (χ2v) is 6.99. The Hall–Kier alpha value is -2.64. The molecule has 2 N–H and O–H groups in total. The smallest absolute Gasteiger partial charge is 0.340 e. The first-order valence-corrected chi connectivity index (χ1v) is 10.7. The van der Waals surface area contributed by atoms with Crippen LogP contribution < -0.4 is 10.6 Å². The van der Waals surface area contributed by atoms with Crippen LogP contribution in [0.15, 0.2) is 33.5 Å². The van der Waals surface area contributed by atoms with Crippen LogP contribution in [0.3, 0.4) is 0 Å². The summed E-state index contributed by atoms with van der Waals surface area (Å²) in [6.45, 7) is 2.90. The van der Waals surface area contributed by atoms with Crippen molar-refractivity contribution in [3.63, 3.8) is 0 Å². The van der Waals surface area contributed by atoms with E-state index < -0.39 is 0 Å². The Morgan fingerprint density at radius 1 is 0.700 bits per heavy atom. The number of carbonyl (C=O) groups excluding carboxylic acids is 2. The lowest BCUT2D eigenvalue weighted by Crippen LogP contribution is -2.14. The van der Waals surface area contributed by atoms with Crippen molar-refractivity contribution >= 4 is 24.4 Å². The molecule has 0 fully saturated rings. The van der Waals surface area contributed by atoms with Gasteiger partial charge in [0.25, 0.3) is 0 Å². The van der Waals surface area contributed by atoms with E-state index in [4.69, 9.17) is 9.47 Å². The van der Waals surface area contributed by atoms with Crippen molar-refractivity contribution in [2.24, 2.45) is 9.98 Å². The highest BCUT2D eigenvalue weighted by molar-refractivity contribution is 6.09. The van der Waals surface area contributed by atoms with Crippen molar-refractivity contribution in [2.75, 3.05) is 40.4 Å². The highest BCUT2D eigenvalue weighted by Crippen LogP contribution is 2.03. The molecule has 0 aromatic heterocycles. The van der Waals surface area contributed by atoms with Gasteiger partial charge in [0.15, 0.2) is 0 Å². The van der Waals surface area contributed by atoms with Crippen LogP contribution in [0.5, 0.6) is 0 Å². The zero-order valence-electron chi connectivity index (χ0n) is 18.3. The summed E-state index contributed by atoms with van der Waals surface area (Å²) in [6, 6.07) is 0. The molecule has 0 amide bonds. The van der Waals surface area contributed by atoms with Gasteiger partial charge in [0.1, 0.15) is 0 Å². The fourth-order valence-corrected chi connectivity index (χ4v) is 2.79. The zero-order chi connectivity index (χ0) is 21.9. The molecule has 0 saturated carbocycles. The lowest BCUT2D eigenvalue weighted by molar-refractivity contribution is -0.136. The molecule has 30 heavy (non-hydrogen) atoms. The number of hydrogen-bond acceptors (Lipinski definition) is 8. The monoisotopic (exact) mass is 420 g/mol. The highest BCUT2D eigenvalue weighted by Gasteiger charge is 2.07. The van der Waals surface area contributed by atoms with Gasteiger partial charge in [0.05, 0.1) is 25.4 Å². The van der Waals surface area contributed by atoms with Crippen molar-refractivity contribution in [2.45, 2.75) is 51.4 Å². The molecule has 1 heterocycles. The maximum atomic E-state index is 11.8. The summed E-state index contributed by atoms with van der Waals surface area (Å²) in [7, 11) is 2.75. The number of carbonyl (C=O) groups is 2. The van der Waals surface area contributed by atoms with Crippen LogP contribution in [0.4, 0.5) is 0 Å². The van der Waals surface area contributed by atoms with E-state index >= 15 is 0 Å². The Labute approximate surface area is 179 Å². The minimum atomic E-state index is -0.385. The van der Waals surface area contributed by atoms with E-state index in [1.807, 2.05) is 0 Å². The molecule has 0 unspecified atom stereocenters. The molecular weight excluding hydrogens is 384 g/mol. The van der Waals surface area contributed by atoms with E-state index in [0.717, 1.165) is 64.5 Å². The first-order valence-electron chi connectivity index (χ1n) is 10.7. The Bertz CT molecular complexity index is 573. The normalized spacial score (nSPS) is 21.8. The minimum absolute atomic E-state index is 0.385. The second kappa shape index (κ2) is 17.2. The summed E-state index contributed by atoms with van der Waals surface area (Å²) in [5.41, 5.74) is 0.873. The van der Waals surface area contributed by atoms with Crippen LogP contribution in [0, 0.1) is 0 Å². The Balaban J connectivity index is 2.61. The average molecular weight is 421 g/mol. The Kier molecular flexibility index (Phi) is 14.6. The lowest BCUT2D eigenvalue weighted by atomic mass is 10.2. The first kappa shape index (κ1) is 25.4. The summed E-state index contributed by atoms with van der Waals surface area (Å²) in [5.74, 6) is -0.770. The predicted molar refractivity (Wildman–Crippen MR) is 120 cm³/mol. The molecule has 0 aromatic rings. The van der Waals surface area contributed by atoms with E-state index in [-0.39, 0.29) is 11.9 Å². The summed E-state index contributed by atoms with van der Waals surface area (Å²) < 4.78 is 9.62. The molecule has 0 bridgehead atoms. The second-order valence-electron chi connectivity index (χ2n) is 6.99. The Morgan fingerprint density at radius 3 is 1.50 bits per heavy atom. The third-order valence-corrected chi connectivity index (χ3v) is 4.53. The standard InChI is InChI=1S/C22H36N4O4/c1-29-21(27)19-15-23-11-7-3-5-9-13-25-17-20(22(28)30-2)18-26-14-10-6-4-8-12-24-16-19/h15-18,23,26H,3-14H2,1-2H3/b19-15+,20-18+,24-16?,25-17?. The summed E-state index contributed by atoms with van der Waals surface area (Å²) in [6.07, 6.45) is 14.6. The maximum Gasteiger partial charge on any atom is 0.340 e. The van der Waals surface area contributed by atoms with Gasteiger partial charge in [0, 0.05) is 51.0 Å². The van der Waals surface area contributed by atoms with Crippen molar-refractivity contribution in [3.05, 3.63) is 23.5 Å². The van der Waals surface area contributed by atoms with Crippen molar-refractivity contribution in [1.82, 2.24) is 10.6 Å². The molecule has 0 radical (unpaired) electrons. The molecule has 8 nitrogen and oxygen atoms in total. The molecule has 1 aliphatic heterocycles. The molecule has 1 aliphatic rings. The number of esters is 2. The van der Waals surface area contributed by atoms with Gasteiger partial charge in [-0.3, -0.25) is 9.98 Å². The number of ether oxygens (including phenoxy) is 2. The van der Waals surface area contributed by atoms with E-state index in [9.17, 15) is 9.59 Å². The van der Waals surface area contributed by atoms with Crippen LogP contribution in [-0.2, 0) is 19.1 Å². The number of methoxy groups -OCH3 is 2. The molecule has 168 valence electrons. The third-order valence-electron chi connectivity index (χ3n) is 4.53. The van der Waals surface area contributed by atoms with Gasteiger partial charge >= 0.3 is 11.9 Å². The van der Waals surface area contributed by atoms with Crippen LogP contribution in [0.1, 0.15) is 51.4 Å². The van der Waals surface area contributed by atoms with Gasteiger partial charge in [-0.2, -0.15) is 0 Å². The van der Waals surface area contributed by atoms with E-state index in [1.54, 1.807) is 24.8 Å². The Morgan fingerprint density at radius 2 is 1.10 bits per heavy atom. The molecular formula is C22H36N4O4. The zero-order valence-corrected chi connectivity index (χ0v) is 18.3. The molecule has 0 atom stereocenters. The van der Waals surface area contributed by atoms with Crippen LogP contribution in [0.2, 0.25) is 0 Å². The average Bonchev–Trinajstić information content (AvgIpc) is 2.76.